The second kappa shape index (κ2) is 5.34. The average molecular weight is 260 g/mol. The van der Waals surface area contributed by atoms with Crippen LogP contribution in [0.1, 0.15) is 38.4 Å². The van der Waals surface area contributed by atoms with Gasteiger partial charge < -0.3 is 10.4 Å². The van der Waals surface area contributed by atoms with E-state index in [-0.39, 0.29) is 29.8 Å². The lowest BCUT2D eigenvalue weighted by molar-refractivity contribution is 0.131. The van der Waals surface area contributed by atoms with Gasteiger partial charge in [-0.25, -0.2) is 4.39 Å². The molecular formula is C13H19ClFNO. The van der Waals surface area contributed by atoms with Crippen molar-refractivity contribution in [3.63, 3.8) is 0 Å². The molecule has 2 rings (SSSR count). The number of aliphatic hydroxyl groups excluding tert-OH is 1. The quantitative estimate of drug-likeness (QED) is 0.856. The van der Waals surface area contributed by atoms with Crippen molar-refractivity contribution >= 4 is 12.4 Å². The zero-order valence-electron chi connectivity index (χ0n) is 10.1. The van der Waals surface area contributed by atoms with Crippen LogP contribution in [0, 0.1) is 5.82 Å². The molecule has 1 aliphatic rings. The highest BCUT2D eigenvalue weighted by Crippen LogP contribution is 2.30. The topological polar surface area (TPSA) is 32.3 Å². The monoisotopic (exact) mass is 259 g/mol. The highest BCUT2D eigenvalue weighted by Gasteiger charge is 2.34. The summed E-state index contributed by atoms with van der Waals surface area (Å²) in [7, 11) is 0. The second-order valence-electron chi connectivity index (χ2n) is 5.17. The lowest BCUT2D eigenvalue weighted by atomic mass is 10.00. The maximum Gasteiger partial charge on any atom is 0.123 e. The fourth-order valence-corrected chi connectivity index (χ4v) is 2.32. The Morgan fingerprint density at radius 1 is 1.47 bits per heavy atom. The van der Waals surface area contributed by atoms with Crippen molar-refractivity contribution in [2.75, 3.05) is 0 Å². The maximum atomic E-state index is 13.0. The molecule has 0 radical (unpaired) electrons. The molecule has 0 amide bonds. The van der Waals surface area contributed by atoms with E-state index < -0.39 is 6.10 Å². The molecule has 1 heterocycles. The van der Waals surface area contributed by atoms with Gasteiger partial charge in [-0.1, -0.05) is 12.1 Å². The molecule has 1 saturated heterocycles. The smallest absolute Gasteiger partial charge is 0.123 e. The molecule has 1 unspecified atom stereocenters. The van der Waals surface area contributed by atoms with E-state index in [1.54, 1.807) is 12.1 Å². The molecule has 1 aromatic carbocycles. The van der Waals surface area contributed by atoms with Crippen molar-refractivity contribution in [1.29, 1.82) is 0 Å². The maximum absolute atomic E-state index is 13.0. The third-order valence-corrected chi connectivity index (χ3v) is 3.23. The predicted molar refractivity (Wildman–Crippen MR) is 68.8 cm³/mol. The molecule has 0 spiro atoms. The van der Waals surface area contributed by atoms with E-state index in [9.17, 15) is 9.50 Å². The number of nitrogens with one attached hydrogen (secondary N) is 1. The number of benzene rings is 1. The molecule has 0 aliphatic carbocycles. The molecule has 1 aliphatic heterocycles. The van der Waals surface area contributed by atoms with Crippen LogP contribution in [0.25, 0.3) is 0 Å². The number of halogens is 2. The van der Waals surface area contributed by atoms with Crippen molar-refractivity contribution in [2.24, 2.45) is 0 Å². The molecule has 2 N–H and O–H groups in total. The average Bonchev–Trinajstić information content (AvgIpc) is 2.58. The van der Waals surface area contributed by atoms with Crippen LogP contribution in [0.2, 0.25) is 0 Å². The summed E-state index contributed by atoms with van der Waals surface area (Å²) < 4.78 is 13.0. The number of hydrogen-bond donors (Lipinski definition) is 2. The van der Waals surface area contributed by atoms with Crippen molar-refractivity contribution in [3.8, 4) is 0 Å². The van der Waals surface area contributed by atoms with Gasteiger partial charge >= 0.3 is 0 Å². The van der Waals surface area contributed by atoms with Gasteiger partial charge in [0.05, 0.1) is 6.10 Å². The first-order valence-electron chi connectivity index (χ1n) is 5.69. The van der Waals surface area contributed by atoms with Crippen LogP contribution >= 0.6 is 12.4 Å². The molecule has 0 saturated carbocycles. The first-order valence-corrected chi connectivity index (χ1v) is 5.69. The normalized spacial score (nSPS) is 24.1. The van der Waals surface area contributed by atoms with Crippen LogP contribution in [-0.4, -0.2) is 16.7 Å². The van der Waals surface area contributed by atoms with E-state index >= 15 is 0 Å². The van der Waals surface area contributed by atoms with Gasteiger partial charge in [0.2, 0.25) is 0 Å². The highest BCUT2D eigenvalue weighted by atomic mass is 35.5. The van der Waals surface area contributed by atoms with Crippen LogP contribution in [0.3, 0.4) is 0 Å². The molecule has 0 aromatic heterocycles. The minimum absolute atomic E-state index is 0. The summed E-state index contributed by atoms with van der Waals surface area (Å²) in [6.07, 6.45) is 1.33. The summed E-state index contributed by atoms with van der Waals surface area (Å²) in [6.45, 7) is 4.23. The summed E-state index contributed by atoms with van der Waals surface area (Å²) >= 11 is 0. The first kappa shape index (κ1) is 14.4. The van der Waals surface area contributed by atoms with E-state index in [0.717, 1.165) is 12.8 Å². The second-order valence-corrected chi connectivity index (χ2v) is 5.17. The zero-order chi connectivity index (χ0) is 11.8. The molecule has 2 nitrogen and oxygen atoms in total. The minimum atomic E-state index is -0.627. The van der Waals surface area contributed by atoms with Gasteiger partial charge in [-0.2, -0.15) is 0 Å². The number of hydrogen-bond acceptors (Lipinski definition) is 2. The van der Waals surface area contributed by atoms with Crippen LogP contribution in [-0.2, 0) is 0 Å². The molecular weight excluding hydrogens is 241 g/mol. The molecule has 0 bridgehead atoms. The standard InChI is InChI=1S/C13H18FNO.ClH/c1-13(2)7-6-11(15-13)12(16)9-4-3-5-10(14)8-9;/h3-5,8,11-12,15-16H,6-7H2,1-2H3;1H/t11?,12-;/m0./s1. The number of rotatable bonds is 2. The lowest BCUT2D eigenvalue weighted by Crippen LogP contribution is -2.40. The van der Waals surface area contributed by atoms with E-state index in [4.69, 9.17) is 0 Å². The number of aliphatic hydroxyl groups is 1. The third kappa shape index (κ3) is 3.41. The molecule has 1 aromatic rings. The fourth-order valence-electron chi connectivity index (χ4n) is 2.32. The molecule has 17 heavy (non-hydrogen) atoms. The third-order valence-electron chi connectivity index (χ3n) is 3.23. The van der Waals surface area contributed by atoms with E-state index in [1.165, 1.54) is 12.1 Å². The minimum Gasteiger partial charge on any atom is -0.387 e. The van der Waals surface area contributed by atoms with Crippen molar-refractivity contribution in [3.05, 3.63) is 35.6 Å². The fraction of sp³-hybridized carbons (Fsp3) is 0.538. The predicted octanol–water partition coefficient (Wildman–Crippen LogP) is 2.81. The van der Waals surface area contributed by atoms with Crippen molar-refractivity contribution in [1.82, 2.24) is 5.32 Å². The van der Waals surface area contributed by atoms with Crippen LogP contribution in [0.5, 0.6) is 0 Å². The SMILES string of the molecule is CC1(C)CCC([C@@H](O)c2cccc(F)c2)N1.Cl. The van der Waals surface area contributed by atoms with Gasteiger partial charge in [0.25, 0.3) is 0 Å². The van der Waals surface area contributed by atoms with Gasteiger partial charge in [-0.15, -0.1) is 12.4 Å². The van der Waals surface area contributed by atoms with E-state index in [2.05, 4.69) is 19.2 Å². The Labute approximate surface area is 108 Å². The summed E-state index contributed by atoms with van der Waals surface area (Å²) in [5.41, 5.74) is 0.717. The first-order chi connectivity index (χ1) is 7.48. The van der Waals surface area contributed by atoms with Crippen molar-refractivity contribution < 1.29 is 9.50 Å². The van der Waals surface area contributed by atoms with Gasteiger partial charge in [-0.3, -0.25) is 0 Å². The highest BCUT2D eigenvalue weighted by molar-refractivity contribution is 5.85. The van der Waals surface area contributed by atoms with Crippen molar-refractivity contribution in [2.45, 2.75) is 44.4 Å². The van der Waals surface area contributed by atoms with Crippen LogP contribution in [0.15, 0.2) is 24.3 Å². The van der Waals surface area contributed by atoms with E-state index in [0.29, 0.717) is 5.56 Å². The molecule has 2 atom stereocenters. The summed E-state index contributed by atoms with van der Waals surface area (Å²) in [5, 5.41) is 13.5. The van der Waals surface area contributed by atoms with E-state index in [1.807, 2.05) is 0 Å². The Kier molecular flexibility index (Phi) is 4.53. The zero-order valence-corrected chi connectivity index (χ0v) is 10.9. The van der Waals surface area contributed by atoms with Crippen LogP contribution in [0.4, 0.5) is 4.39 Å². The molecule has 4 heteroatoms. The summed E-state index contributed by atoms with van der Waals surface area (Å²) in [5.74, 6) is -0.297. The van der Waals surface area contributed by atoms with Gasteiger partial charge in [0.15, 0.2) is 0 Å². The molecule has 96 valence electrons. The summed E-state index contributed by atoms with van der Waals surface area (Å²) in [4.78, 5) is 0. The van der Waals surface area contributed by atoms with Gasteiger partial charge in [0.1, 0.15) is 5.82 Å². The van der Waals surface area contributed by atoms with Gasteiger partial charge in [0, 0.05) is 11.6 Å². The Morgan fingerprint density at radius 3 is 2.71 bits per heavy atom. The van der Waals surface area contributed by atoms with Crippen LogP contribution < -0.4 is 5.32 Å². The lowest BCUT2D eigenvalue weighted by Gasteiger charge is -2.23. The van der Waals surface area contributed by atoms with Gasteiger partial charge in [-0.05, 0) is 44.4 Å². The molecule has 1 fully saturated rings. The summed E-state index contributed by atoms with van der Waals surface area (Å²) in [6, 6.07) is 6.21. The Morgan fingerprint density at radius 2 is 2.18 bits per heavy atom. The largest absolute Gasteiger partial charge is 0.387 e. The Balaban J connectivity index is 0.00000144. The Bertz CT molecular complexity index is 383. The Hall–Kier alpha value is -0.640.